The summed E-state index contributed by atoms with van der Waals surface area (Å²) in [7, 11) is 0. The van der Waals surface area contributed by atoms with Gasteiger partial charge in [0.25, 0.3) is 5.91 Å². The highest BCUT2D eigenvalue weighted by atomic mass is 16.5. The molecule has 0 heterocycles. The summed E-state index contributed by atoms with van der Waals surface area (Å²) in [5.74, 6) is -1.29. The van der Waals surface area contributed by atoms with Crippen LogP contribution in [0.2, 0.25) is 0 Å². The van der Waals surface area contributed by atoms with Crippen LogP contribution in [-0.2, 0) is 9.59 Å². The number of carboxylic acids is 1. The lowest BCUT2D eigenvalue weighted by Gasteiger charge is -2.20. The Morgan fingerprint density at radius 3 is 2.43 bits per heavy atom. The van der Waals surface area contributed by atoms with Gasteiger partial charge in [-0.3, -0.25) is 9.59 Å². The second kappa shape index (κ2) is 8.04. The minimum absolute atomic E-state index is 0.168. The third kappa shape index (κ3) is 5.25. The van der Waals surface area contributed by atoms with Gasteiger partial charge in [-0.1, -0.05) is 20.3 Å². The molecule has 114 valence electrons. The molecular weight excluding hydrogens is 274 g/mol. The zero-order valence-corrected chi connectivity index (χ0v) is 12.0. The SMILES string of the molecule is CCC(C)C(NC(=O)COc1ccc(C=O)cc1)C(=O)O. The molecular formula is C15H19NO5. The van der Waals surface area contributed by atoms with Crippen molar-refractivity contribution in [2.24, 2.45) is 5.92 Å². The monoisotopic (exact) mass is 293 g/mol. The number of amides is 1. The third-order valence-corrected chi connectivity index (χ3v) is 3.18. The van der Waals surface area contributed by atoms with E-state index in [0.717, 1.165) is 0 Å². The van der Waals surface area contributed by atoms with Crippen molar-refractivity contribution >= 4 is 18.2 Å². The number of nitrogens with one attached hydrogen (secondary N) is 1. The first-order valence-electron chi connectivity index (χ1n) is 6.68. The molecule has 1 amide bonds. The van der Waals surface area contributed by atoms with Crippen molar-refractivity contribution in [2.75, 3.05) is 6.61 Å². The number of aliphatic carboxylic acids is 1. The lowest BCUT2D eigenvalue weighted by atomic mass is 9.99. The third-order valence-electron chi connectivity index (χ3n) is 3.18. The number of hydrogen-bond acceptors (Lipinski definition) is 4. The Balaban J connectivity index is 2.52. The molecule has 0 spiro atoms. The van der Waals surface area contributed by atoms with Crippen LogP contribution < -0.4 is 10.1 Å². The quantitative estimate of drug-likeness (QED) is 0.708. The first kappa shape index (κ1) is 16.7. The lowest BCUT2D eigenvalue weighted by Crippen LogP contribution is -2.46. The Bertz CT molecular complexity index is 497. The number of hydrogen-bond donors (Lipinski definition) is 2. The Labute approximate surface area is 123 Å². The average molecular weight is 293 g/mol. The molecule has 2 N–H and O–H groups in total. The van der Waals surface area contributed by atoms with Gasteiger partial charge in [0.2, 0.25) is 0 Å². The second-order valence-electron chi connectivity index (χ2n) is 4.74. The summed E-state index contributed by atoms with van der Waals surface area (Å²) in [5, 5.41) is 11.5. The lowest BCUT2D eigenvalue weighted by molar-refractivity contribution is -0.143. The summed E-state index contributed by atoms with van der Waals surface area (Å²) in [5.41, 5.74) is 0.509. The Hall–Kier alpha value is -2.37. The van der Waals surface area contributed by atoms with Crippen LogP contribution in [0.25, 0.3) is 0 Å². The van der Waals surface area contributed by atoms with E-state index in [1.807, 2.05) is 6.92 Å². The summed E-state index contributed by atoms with van der Waals surface area (Å²) in [6.45, 7) is 3.34. The fourth-order valence-electron chi connectivity index (χ4n) is 1.69. The summed E-state index contributed by atoms with van der Waals surface area (Å²) in [4.78, 5) is 33.3. The van der Waals surface area contributed by atoms with Gasteiger partial charge in [-0.15, -0.1) is 0 Å². The predicted molar refractivity (Wildman–Crippen MR) is 76.3 cm³/mol. The number of aldehydes is 1. The first-order chi connectivity index (χ1) is 9.97. The van der Waals surface area contributed by atoms with Gasteiger partial charge in [0.05, 0.1) is 0 Å². The Morgan fingerprint density at radius 2 is 1.95 bits per heavy atom. The number of carbonyl (C=O) groups excluding carboxylic acids is 2. The molecule has 0 aliphatic heterocycles. The van der Waals surface area contributed by atoms with E-state index in [1.165, 1.54) is 0 Å². The van der Waals surface area contributed by atoms with Crippen molar-refractivity contribution in [2.45, 2.75) is 26.3 Å². The van der Waals surface area contributed by atoms with Crippen molar-refractivity contribution in [3.63, 3.8) is 0 Å². The molecule has 0 aromatic heterocycles. The maximum atomic E-state index is 11.7. The molecule has 0 aliphatic rings. The van der Waals surface area contributed by atoms with Gasteiger partial charge in [0.1, 0.15) is 18.1 Å². The van der Waals surface area contributed by atoms with Gasteiger partial charge < -0.3 is 15.2 Å². The van der Waals surface area contributed by atoms with Gasteiger partial charge in [-0.05, 0) is 30.2 Å². The number of ether oxygens (including phenoxy) is 1. The van der Waals surface area contributed by atoms with Crippen molar-refractivity contribution < 1.29 is 24.2 Å². The number of carbonyl (C=O) groups is 3. The standard InChI is InChI=1S/C15H19NO5/c1-3-10(2)14(15(19)20)16-13(18)9-21-12-6-4-11(8-17)5-7-12/h4-8,10,14H,3,9H2,1-2H3,(H,16,18)(H,19,20). The normalized spacial score (nSPS) is 13.0. The highest BCUT2D eigenvalue weighted by molar-refractivity contribution is 5.84. The predicted octanol–water partition coefficient (Wildman–Crippen LogP) is 1.49. The van der Waals surface area contributed by atoms with Crippen LogP contribution >= 0.6 is 0 Å². The van der Waals surface area contributed by atoms with Gasteiger partial charge >= 0.3 is 5.97 Å². The smallest absolute Gasteiger partial charge is 0.326 e. The highest BCUT2D eigenvalue weighted by Gasteiger charge is 2.25. The van der Waals surface area contributed by atoms with Crippen LogP contribution in [0, 0.1) is 5.92 Å². The van der Waals surface area contributed by atoms with Gasteiger partial charge in [0, 0.05) is 5.56 Å². The first-order valence-corrected chi connectivity index (χ1v) is 6.68. The van der Waals surface area contributed by atoms with Gasteiger partial charge in [-0.25, -0.2) is 4.79 Å². The van der Waals surface area contributed by atoms with E-state index in [-0.39, 0.29) is 12.5 Å². The summed E-state index contributed by atoms with van der Waals surface area (Å²) < 4.78 is 5.24. The molecule has 0 fully saturated rings. The molecule has 2 atom stereocenters. The molecule has 0 radical (unpaired) electrons. The molecule has 6 nitrogen and oxygen atoms in total. The average Bonchev–Trinajstić information content (AvgIpc) is 2.50. The molecule has 0 aliphatic carbocycles. The van der Waals surface area contributed by atoms with E-state index < -0.39 is 17.9 Å². The summed E-state index contributed by atoms with van der Waals surface area (Å²) in [6, 6.07) is 5.35. The zero-order valence-electron chi connectivity index (χ0n) is 12.0. The maximum absolute atomic E-state index is 11.7. The highest BCUT2D eigenvalue weighted by Crippen LogP contribution is 2.11. The van der Waals surface area contributed by atoms with Crippen LogP contribution in [0.1, 0.15) is 30.6 Å². The molecule has 21 heavy (non-hydrogen) atoms. The number of benzene rings is 1. The minimum Gasteiger partial charge on any atom is -0.484 e. The summed E-state index contributed by atoms with van der Waals surface area (Å²) in [6.07, 6.45) is 1.35. The van der Waals surface area contributed by atoms with Crippen molar-refractivity contribution in [3.8, 4) is 5.75 Å². The van der Waals surface area contributed by atoms with Crippen LogP contribution in [-0.4, -0.2) is 35.9 Å². The van der Waals surface area contributed by atoms with E-state index in [0.29, 0.717) is 24.0 Å². The fraction of sp³-hybridized carbons (Fsp3) is 0.400. The van der Waals surface area contributed by atoms with E-state index >= 15 is 0 Å². The van der Waals surface area contributed by atoms with Crippen LogP contribution in [0.15, 0.2) is 24.3 Å². The van der Waals surface area contributed by atoms with Crippen molar-refractivity contribution in [1.82, 2.24) is 5.32 Å². The fourth-order valence-corrected chi connectivity index (χ4v) is 1.69. The van der Waals surface area contributed by atoms with E-state index in [9.17, 15) is 14.4 Å². The van der Waals surface area contributed by atoms with Gasteiger partial charge in [0.15, 0.2) is 6.61 Å². The number of carboxylic acid groups (broad SMARTS) is 1. The van der Waals surface area contributed by atoms with E-state index in [4.69, 9.17) is 9.84 Å². The Morgan fingerprint density at radius 1 is 1.33 bits per heavy atom. The molecule has 1 aromatic rings. The topological polar surface area (TPSA) is 92.7 Å². The molecule has 0 bridgehead atoms. The molecule has 1 aromatic carbocycles. The maximum Gasteiger partial charge on any atom is 0.326 e. The van der Waals surface area contributed by atoms with Crippen LogP contribution in [0.3, 0.4) is 0 Å². The van der Waals surface area contributed by atoms with Crippen molar-refractivity contribution in [3.05, 3.63) is 29.8 Å². The molecule has 0 saturated carbocycles. The molecule has 1 rings (SSSR count). The number of rotatable bonds is 8. The van der Waals surface area contributed by atoms with E-state index in [1.54, 1.807) is 31.2 Å². The zero-order chi connectivity index (χ0) is 15.8. The molecule has 0 saturated heterocycles. The minimum atomic E-state index is -1.06. The summed E-state index contributed by atoms with van der Waals surface area (Å²) >= 11 is 0. The molecule has 2 unspecified atom stereocenters. The second-order valence-corrected chi connectivity index (χ2v) is 4.74. The van der Waals surface area contributed by atoms with Crippen LogP contribution in [0.4, 0.5) is 0 Å². The van der Waals surface area contributed by atoms with E-state index in [2.05, 4.69) is 5.32 Å². The van der Waals surface area contributed by atoms with Crippen LogP contribution in [0.5, 0.6) is 5.75 Å². The largest absolute Gasteiger partial charge is 0.484 e. The van der Waals surface area contributed by atoms with Gasteiger partial charge in [-0.2, -0.15) is 0 Å². The van der Waals surface area contributed by atoms with Crippen molar-refractivity contribution in [1.29, 1.82) is 0 Å². The Kier molecular flexibility index (Phi) is 6.39. The molecule has 6 heteroatoms.